The van der Waals surface area contributed by atoms with Crippen LogP contribution in [-0.4, -0.2) is 26.6 Å². The molecule has 0 unspecified atom stereocenters. The second-order valence-corrected chi connectivity index (χ2v) is 5.33. The van der Waals surface area contributed by atoms with Crippen LogP contribution in [0.2, 0.25) is 0 Å². The van der Waals surface area contributed by atoms with E-state index in [-0.39, 0.29) is 0 Å². The van der Waals surface area contributed by atoms with Crippen LogP contribution in [0.3, 0.4) is 0 Å². The van der Waals surface area contributed by atoms with E-state index in [4.69, 9.17) is 8.94 Å². The molecule has 0 aliphatic rings. The van der Waals surface area contributed by atoms with Gasteiger partial charge in [0, 0.05) is 6.42 Å². The zero-order chi connectivity index (χ0) is 12.8. The van der Waals surface area contributed by atoms with Gasteiger partial charge in [-0.2, -0.15) is 16.7 Å². The Kier molecular flexibility index (Phi) is 5.06. The number of hydrogen-bond acceptors (Lipinski definition) is 8. The Morgan fingerprint density at radius 2 is 2.06 bits per heavy atom. The smallest absolute Gasteiger partial charge is 0.277 e. The van der Waals surface area contributed by atoms with E-state index >= 15 is 0 Å². The van der Waals surface area contributed by atoms with Crippen molar-refractivity contribution in [3.63, 3.8) is 0 Å². The summed E-state index contributed by atoms with van der Waals surface area (Å²) in [5.74, 6) is 3.27. The molecule has 2 heterocycles. The maximum absolute atomic E-state index is 5.43. The maximum Gasteiger partial charge on any atom is 0.277 e. The van der Waals surface area contributed by atoms with Crippen LogP contribution >= 0.6 is 23.5 Å². The van der Waals surface area contributed by atoms with Crippen molar-refractivity contribution in [1.29, 1.82) is 0 Å². The Bertz CT molecular complexity index is 441. The first kappa shape index (κ1) is 13.4. The van der Waals surface area contributed by atoms with Gasteiger partial charge in [0.2, 0.25) is 11.8 Å². The van der Waals surface area contributed by atoms with E-state index in [2.05, 4.69) is 27.3 Å². The Morgan fingerprint density at radius 3 is 2.83 bits per heavy atom. The molecule has 0 N–H and O–H groups in total. The van der Waals surface area contributed by atoms with E-state index in [1.165, 1.54) is 11.8 Å². The van der Waals surface area contributed by atoms with E-state index < -0.39 is 0 Å². The van der Waals surface area contributed by atoms with Crippen LogP contribution in [0.25, 0.3) is 0 Å². The Hall–Kier alpha value is -1.02. The van der Waals surface area contributed by atoms with Crippen LogP contribution < -0.4 is 0 Å². The highest BCUT2D eigenvalue weighted by molar-refractivity contribution is 7.98. The van der Waals surface area contributed by atoms with Crippen molar-refractivity contribution in [1.82, 2.24) is 20.3 Å². The van der Waals surface area contributed by atoms with E-state index in [0.717, 1.165) is 24.4 Å². The molecule has 0 amide bonds. The summed E-state index contributed by atoms with van der Waals surface area (Å²) < 4.78 is 10.5. The molecule has 0 atom stereocenters. The first-order valence-electron chi connectivity index (χ1n) is 5.57. The van der Waals surface area contributed by atoms with Gasteiger partial charge >= 0.3 is 0 Å². The number of rotatable bonds is 7. The second-order valence-electron chi connectivity index (χ2n) is 3.54. The Labute approximate surface area is 113 Å². The molecule has 0 aliphatic heterocycles. The monoisotopic (exact) mass is 286 g/mol. The molecule has 0 saturated carbocycles. The molecule has 98 valence electrons. The van der Waals surface area contributed by atoms with Gasteiger partial charge in [-0.15, -0.1) is 10.2 Å². The largest absolute Gasteiger partial charge is 0.415 e. The quantitative estimate of drug-likeness (QED) is 0.719. The Morgan fingerprint density at radius 1 is 1.17 bits per heavy atom. The van der Waals surface area contributed by atoms with Crippen LogP contribution in [0.5, 0.6) is 0 Å². The topological polar surface area (TPSA) is 77.8 Å². The summed E-state index contributed by atoms with van der Waals surface area (Å²) in [6.45, 7) is 2.08. The fourth-order valence-corrected chi connectivity index (χ4v) is 2.26. The molecule has 2 rings (SSSR count). The minimum atomic E-state index is 0.536. The highest BCUT2D eigenvalue weighted by Crippen LogP contribution is 2.21. The number of nitrogens with zero attached hydrogens (tertiary/aromatic N) is 4. The zero-order valence-corrected chi connectivity index (χ0v) is 11.9. The molecular weight excluding hydrogens is 272 g/mol. The van der Waals surface area contributed by atoms with Crippen LogP contribution in [0, 0.1) is 0 Å². The van der Waals surface area contributed by atoms with Gasteiger partial charge in [-0.05, 0) is 12.7 Å². The third-order valence-electron chi connectivity index (χ3n) is 2.02. The van der Waals surface area contributed by atoms with Gasteiger partial charge in [-0.25, -0.2) is 0 Å². The highest BCUT2D eigenvalue weighted by Gasteiger charge is 2.10. The molecule has 0 saturated heterocycles. The average molecular weight is 286 g/mol. The first-order valence-corrected chi connectivity index (χ1v) is 7.95. The minimum absolute atomic E-state index is 0.536. The molecule has 8 heteroatoms. The average Bonchev–Trinajstić information content (AvgIpc) is 2.97. The molecular formula is C10H14N4O2S2. The van der Waals surface area contributed by atoms with E-state index in [1.54, 1.807) is 11.8 Å². The number of hydrogen-bond donors (Lipinski definition) is 0. The molecule has 2 aromatic rings. The molecule has 0 spiro atoms. The summed E-state index contributed by atoms with van der Waals surface area (Å²) in [5, 5.41) is 12.3. The van der Waals surface area contributed by atoms with E-state index in [0.29, 0.717) is 22.8 Å². The molecule has 2 aromatic heterocycles. The summed E-state index contributed by atoms with van der Waals surface area (Å²) in [5.41, 5.74) is 0. The lowest BCUT2D eigenvalue weighted by Crippen LogP contribution is -1.86. The van der Waals surface area contributed by atoms with Gasteiger partial charge < -0.3 is 8.94 Å². The van der Waals surface area contributed by atoms with Gasteiger partial charge in [0.15, 0.2) is 5.82 Å². The van der Waals surface area contributed by atoms with Crippen molar-refractivity contribution in [2.75, 3.05) is 6.26 Å². The predicted octanol–water partition coefficient (Wildman–Crippen LogP) is 2.56. The lowest BCUT2D eigenvalue weighted by Gasteiger charge is -1.90. The third-order valence-corrected chi connectivity index (χ3v) is 3.36. The van der Waals surface area contributed by atoms with Gasteiger partial charge in [-0.1, -0.05) is 23.8 Å². The molecule has 0 fully saturated rings. The zero-order valence-electron chi connectivity index (χ0n) is 10.3. The number of aryl methyl sites for hydroxylation is 1. The summed E-state index contributed by atoms with van der Waals surface area (Å²) >= 11 is 3.05. The van der Waals surface area contributed by atoms with Gasteiger partial charge in [0.05, 0.1) is 11.5 Å². The van der Waals surface area contributed by atoms with Crippen molar-refractivity contribution in [3.05, 3.63) is 17.6 Å². The van der Waals surface area contributed by atoms with Gasteiger partial charge in [-0.3, -0.25) is 0 Å². The van der Waals surface area contributed by atoms with Crippen molar-refractivity contribution < 1.29 is 8.94 Å². The van der Waals surface area contributed by atoms with Crippen molar-refractivity contribution in [2.24, 2.45) is 0 Å². The molecule has 0 aliphatic carbocycles. The molecule has 6 nitrogen and oxygen atoms in total. The van der Waals surface area contributed by atoms with Crippen LogP contribution in [0.15, 0.2) is 14.2 Å². The van der Waals surface area contributed by atoms with Crippen LogP contribution in [0.1, 0.15) is 31.0 Å². The lowest BCUT2D eigenvalue weighted by molar-refractivity contribution is 0.383. The Balaban J connectivity index is 1.85. The number of aromatic nitrogens is 4. The molecule has 0 bridgehead atoms. The summed E-state index contributed by atoms with van der Waals surface area (Å²) in [6.07, 6.45) is 3.84. The standard InChI is InChI=1S/C10H14N4O2S2/c1-3-4-7-11-8(16-14-7)6-18-10-13-12-9(15-10)5-17-2/h3-6H2,1-2H3. The molecule has 0 radical (unpaired) electrons. The predicted molar refractivity (Wildman–Crippen MR) is 69.4 cm³/mol. The van der Waals surface area contributed by atoms with Crippen molar-refractivity contribution in [3.8, 4) is 0 Å². The van der Waals surface area contributed by atoms with Crippen molar-refractivity contribution in [2.45, 2.75) is 36.5 Å². The SMILES string of the molecule is CCCc1noc(CSc2nnc(CSC)o2)n1. The highest BCUT2D eigenvalue weighted by atomic mass is 32.2. The fourth-order valence-electron chi connectivity index (χ4n) is 1.28. The van der Waals surface area contributed by atoms with Crippen LogP contribution in [0.4, 0.5) is 0 Å². The first-order chi connectivity index (χ1) is 8.81. The minimum Gasteiger partial charge on any atom is -0.415 e. The lowest BCUT2D eigenvalue weighted by atomic mass is 10.3. The summed E-state index contributed by atoms with van der Waals surface area (Å²) in [7, 11) is 0. The third kappa shape index (κ3) is 3.74. The number of thioether (sulfide) groups is 2. The normalized spacial score (nSPS) is 11.0. The maximum atomic E-state index is 5.43. The van der Waals surface area contributed by atoms with Gasteiger partial charge in [0.1, 0.15) is 0 Å². The second kappa shape index (κ2) is 6.79. The van der Waals surface area contributed by atoms with Gasteiger partial charge in [0.25, 0.3) is 5.22 Å². The van der Waals surface area contributed by atoms with Crippen LogP contribution in [-0.2, 0) is 17.9 Å². The summed E-state index contributed by atoms with van der Waals surface area (Å²) in [6, 6.07) is 0. The van der Waals surface area contributed by atoms with Crippen molar-refractivity contribution >= 4 is 23.5 Å². The fraction of sp³-hybridized carbons (Fsp3) is 0.600. The van der Waals surface area contributed by atoms with E-state index in [9.17, 15) is 0 Å². The molecule has 18 heavy (non-hydrogen) atoms. The molecule has 0 aromatic carbocycles. The summed E-state index contributed by atoms with van der Waals surface area (Å²) in [4.78, 5) is 4.27. The van der Waals surface area contributed by atoms with E-state index in [1.807, 2.05) is 6.26 Å².